The molecule has 0 aromatic heterocycles. The number of aliphatic hydroxyl groups excluding tert-OH is 1. The molecule has 96 valence electrons. The lowest BCUT2D eigenvalue weighted by molar-refractivity contribution is -0.141. The van der Waals surface area contributed by atoms with E-state index in [-0.39, 0.29) is 24.7 Å². The van der Waals surface area contributed by atoms with E-state index in [1.807, 2.05) is 27.7 Å². The van der Waals surface area contributed by atoms with Crippen LogP contribution in [0.2, 0.25) is 0 Å². The second kappa shape index (κ2) is 7.63. The quantitative estimate of drug-likeness (QED) is 0.721. The minimum absolute atomic E-state index is 0.0591. The summed E-state index contributed by atoms with van der Waals surface area (Å²) in [6, 6.07) is 0.0858. The van der Waals surface area contributed by atoms with Gasteiger partial charge in [-0.25, -0.2) is 0 Å². The van der Waals surface area contributed by atoms with E-state index in [2.05, 4.69) is 0 Å². The molecule has 4 nitrogen and oxygen atoms in total. The molecule has 1 amide bonds. The third-order valence-corrected chi connectivity index (χ3v) is 2.47. The van der Waals surface area contributed by atoms with Crippen molar-refractivity contribution in [3.63, 3.8) is 0 Å². The molecule has 0 saturated heterocycles. The molecule has 0 aliphatic heterocycles. The molecular formula is C12H25NO3. The molecule has 0 bridgehead atoms. The molecule has 2 atom stereocenters. The molecule has 0 heterocycles. The van der Waals surface area contributed by atoms with Crippen molar-refractivity contribution in [1.82, 2.24) is 4.90 Å². The van der Waals surface area contributed by atoms with Gasteiger partial charge in [-0.2, -0.15) is 0 Å². The van der Waals surface area contributed by atoms with Gasteiger partial charge in [0.05, 0.1) is 12.2 Å². The van der Waals surface area contributed by atoms with Crippen molar-refractivity contribution in [2.75, 3.05) is 13.2 Å². The van der Waals surface area contributed by atoms with Crippen LogP contribution < -0.4 is 0 Å². The van der Waals surface area contributed by atoms with Gasteiger partial charge in [0.15, 0.2) is 0 Å². The van der Waals surface area contributed by atoms with Crippen LogP contribution in [0.3, 0.4) is 0 Å². The highest BCUT2D eigenvalue weighted by molar-refractivity contribution is 5.77. The highest BCUT2D eigenvalue weighted by Gasteiger charge is 2.19. The average Bonchev–Trinajstić information content (AvgIpc) is 2.21. The zero-order valence-electron chi connectivity index (χ0n) is 11.1. The molecule has 16 heavy (non-hydrogen) atoms. The molecule has 0 rings (SSSR count). The molecule has 0 aliphatic rings. The summed E-state index contributed by atoms with van der Waals surface area (Å²) in [5.41, 5.74) is 0. The number of nitrogens with zero attached hydrogens (tertiary/aromatic N) is 1. The highest BCUT2D eigenvalue weighted by atomic mass is 16.5. The number of hydrogen-bond donors (Lipinski definition) is 1. The van der Waals surface area contributed by atoms with E-state index in [9.17, 15) is 9.90 Å². The summed E-state index contributed by atoms with van der Waals surface area (Å²) in [7, 11) is 0. The van der Waals surface area contributed by atoms with Crippen molar-refractivity contribution >= 4 is 5.91 Å². The number of carbonyl (C=O) groups excluding carboxylic acids is 1. The van der Waals surface area contributed by atoms with Gasteiger partial charge in [-0.15, -0.1) is 0 Å². The number of ether oxygens (including phenoxy) is 1. The van der Waals surface area contributed by atoms with E-state index in [0.29, 0.717) is 6.54 Å². The molecular weight excluding hydrogens is 206 g/mol. The number of aliphatic hydroxyl groups is 1. The molecule has 1 N–H and O–H groups in total. The smallest absolute Gasteiger partial charge is 0.248 e. The Morgan fingerprint density at radius 1 is 1.31 bits per heavy atom. The van der Waals surface area contributed by atoms with Gasteiger partial charge in [-0.3, -0.25) is 4.79 Å². The van der Waals surface area contributed by atoms with E-state index >= 15 is 0 Å². The van der Waals surface area contributed by atoms with Crippen molar-refractivity contribution in [1.29, 1.82) is 0 Å². The topological polar surface area (TPSA) is 49.8 Å². The largest absolute Gasteiger partial charge is 0.392 e. The summed E-state index contributed by atoms with van der Waals surface area (Å²) in [6.07, 6.45) is 0.491. The summed E-state index contributed by atoms with van der Waals surface area (Å²) < 4.78 is 5.39. The van der Waals surface area contributed by atoms with Gasteiger partial charge >= 0.3 is 0 Å². The molecule has 4 heteroatoms. The van der Waals surface area contributed by atoms with Crippen LogP contribution in [0.15, 0.2) is 0 Å². The summed E-state index contributed by atoms with van der Waals surface area (Å²) >= 11 is 0. The number of rotatable bonds is 7. The van der Waals surface area contributed by atoms with Crippen molar-refractivity contribution in [2.45, 2.75) is 59.3 Å². The fraction of sp³-hybridized carbons (Fsp3) is 0.917. The molecule has 0 spiro atoms. The summed E-state index contributed by atoms with van der Waals surface area (Å²) in [6.45, 7) is 9.97. The molecule has 0 aliphatic carbocycles. The minimum atomic E-state index is -0.505. The Hall–Kier alpha value is -0.610. The van der Waals surface area contributed by atoms with E-state index < -0.39 is 6.10 Å². The lowest BCUT2D eigenvalue weighted by atomic mass is 10.2. The van der Waals surface area contributed by atoms with Gasteiger partial charge in [0.1, 0.15) is 6.61 Å². The molecule has 0 aromatic carbocycles. The van der Waals surface area contributed by atoms with Crippen LogP contribution in [0.4, 0.5) is 0 Å². The Balaban J connectivity index is 4.17. The van der Waals surface area contributed by atoms with Gasteiger partial charge in [0, 0.05) is 12.6 Å². The van der Waals surface area contributed by atoms with Crippen LogP contribution >= 0.6 is 0 Å². The van der Waals surface area contributed by atoms with E-state index in [1.54, 1.807) is 11.8 Å². The Morgan fingerprint density at radius 2 is 1.88 bits per heavy atom. The third-order valence-electron chi connectivity index (χ3n) is 2.47. The van der Waals surface area contributed by atoms with Crippen LogP contribution in [0.1, 0.15) is 41.0 Å². The standard InChI is InChI=1S/C12H25NO3/c1-6-11(5)16-8-12(15)13(9(2)3)7-10(4)14/h9-11,14H,6-8H2,1-5H3. The van der Waals surface area contributed by atoms with E-state index in [1.165, 1.54) is 0 Å². The second-order valence-corrected chi connectivity index (χ2v) is 4.52. The zero-order chi connectivity index (χ0) is 12.7. The first-order chi connectivity index (χ1) is 7.38. The first-order valence-electron chi connectivity index (χ1n) is 5.97. The maximum absolute atomic E-state index is 11.8. The van der Waals surface area contributed by atoms with Crippen LogP contribution in [0.5, 0.6) is 0 Å². The van der Waals surface area contributed by atoms with Gasteiger partial charge in [0.2, 0.25) is 5.91 Å². The van der Waals surface area contributed by atoms with E-state index in [0.717, 1.165) is 6.42 Å². The van der Waals surface area contributed by atoms with Crippen LogP contribution in [0.25, 0.3) is 0 Å². The van der Waals surface area contributed by atoms with Gasteiger partial charge < -0.3 is 14.7 Å². The fourth-order valence-electron chi connectivity index (χ4n) is 1.30. The number of carbonyl (C=O) groups is 1. The molecule has 0 fully saturated rings. The van der Waals surface area contributed by atoms with Crippen LogP contribution in [-0.4, -0.2) is 47.3 Å². The Kier molecular flexibility index (Phi) is 7.34. The molecule has 0 aromatic rings. The molecule has 0 saturated carbocycles. The maximum atomic E-state index is 11.8. The predicted molar refractivity (Wildman–Crippen MR) is 64.2 cm³/mol. The normalized spacial score (nSPS) is 14.9. The van der Waals surface area contributed by atoms with Crippen LogP contribution in [-0.2, 0) is 9.53 Å². The van der Waals surface area contributed by atoms with Crippen molar-refractivity contribution < 1.29 is 14.6 Å². The Morgan fingerprint density at radius 3 is 2.25 bits per heavy atom. The lowest BCUT2D eigenvalue weighted by Gasteiger charge is -2.28. The fourth-order valence-corrected chi connectivity index (χ4v) is 1.30. The van der Waals surface area contributed by atoms with Gasteiger partial charge in [0.25, 0.3) is 0 Å². The lowest BCUT2D eigenvalue weighted by Crippen LogP contribution is -2.43. The summed E-state index contributed by atoms with van der Waals surface area (Å²) in [5.74, 6) is -0.0591. The van der Waals surface area contributed by atoms with Crippen molar-refractivity contribution in [3.05, 3.63) is 0 Å². The second-order valence-electron chi connectivity index (χ2n) is 4.52. The zero-order valence-corrected chi connectivity index (χ0v) is 11.1. The third kappa shape index (κ3) is 6.08. The van der Waals surface area contributed by atoms with Gasteiger partial charge in [-0.05, 0) is 34.1 Å². The van der Waals surface area contributed by atoms with Crippen LogP contribution in [0, 0.1) is 0 Å². The van der Waals surface area contributed by atoms with Gasteiger partial charge in [-0.1, -0.05) is 6.92 Å². The first-order valence-corrected chi connectivity index (χ1v) is 5.97. The number of amides is 1. The SMILES string of the molecule is CCC(C)OCC(=O)N(CC(C)O)C(C)C. The van der Waals surface area contributed by atoms with Crippen molar-refractivity contribution in [2.24, 2.45) is 0 Å². The predicted octanol–water partition coefficient (Wildman–Crippen LogP) is 1.42. The summed E-state index contributed by atoms with van der Waals surface area (Å²) in [4.78, 5) is 13.5. The van der Waals surface area contributed by atoms with E-state index in [4.69, 9.17) is 4.74 Å². The monoisotopic (exact) mass is 231 g/mol. The molecule has 0 radical (unpaired) electrons. The first kappa shape index (κ1) is 15.4. The minimum Gasteiger partial charge on any atom is -0.392 e. The number of hydrogen-bond acceptors (Lipinski definition) is 3. The maximum Gasteiger partial charge on any atom is 0.248 e. The molecule has 2 unspecified atom stereocenters. The average molecular weight is 231 g/mol. The highest BCUT2D eigenvalue weighted by Crippen LogP contribution is 2.03. The van der Waals surface area contributed by atoms with Crippen molar-refractivity contribution in [3.8, 4) is 0 Å². The Bertz CT molecular complexity index is 204. The Labute approximate surface area is 98.6 Å². The summed E-state index contributed by atoms with van der Waals surface area (Å²) in [5, 5.41) is 9.31.